The Morgan fingerprint density at radius 1 is 1.19 bits per heavy atom. The van der Waals surface area contributed by atoms with Gasteiger partial charge in [-0.1, -0.05) is 17.9 Å². The number of hydrogen-bond donors (Lipinski definition) is 3. The third kappa shape index (κ3) is 7.67. The van der Waals surface area contributed by atoms with E-state index >= 15 is 0 Å². The summed E-state index contributed by atoms with van der Waals surface area (Å²) in [7, 11) is 0. The first kappa shape index (κ1) is 30.8. The molecule has 0 aliphatic heterocycles. The predicted octanol–water partition coefficient (Wildman–Crippen LogP) is 6.22. The SMILES string of the molecule is NC(=C(Cc1ccc([S+](N)[O-])c(F)c1)C(CC1CC1)=Nc1nc(C(=O)O)cs1)c1ccc(F)c(C#CC2(F)CCCC2)c1. The lowest BCUT2D eigenvalue weighted by Gasteiger charge is -2.16. The van der Waals surface area contributed by atoms with Crippen molar-refractivity contribution in [3.63, 3.8) is 0 Å². The first-order chi connectivity index (χ1) is 20.5. The molecule has 5 rings (SSSR count). The zero-order valence-corrected chi connectivity index (χ0v) is 24.7. The van der Waals surface area contributed by atoms with Crippen molar-refractivity contribution < 1.29 is 27.6 Å². The molecule has 1 heterocycles. The third-order valence-electron chi connectivity index (χ3n) is 7.48. The van der Waals surface area contributed by atoms with E-state index in [0.717, 1.165) is 37.0 Å². The molecule has 1 aromatic heterocycles. The lowest BCUT2D eigenvalue weighted by molar-refractivity contribution is 0.0691. The third-order valence-corrected chi connectivity index (χ3v) is 8.98. The number of carboxylic acids is 1. The van der Waals surface area contributed by atoms with Crippen molar-refractivity contribution in [3.8, 4) is 11.8 Å². The average molecular weight is 627 g/mol. The minimum Gasteiger partial charge on any atom is -0.593 e. The fourth-order valence-electron chi connectivity index (χ4n) is 4.94. The zero-order chi connectivity index (χ0) is 30.7. The van der Waals surface area contributed by atoms with Crippen molar-refractivity contribution >= 4 is 45.2 Å². The molecule has 0 saturated heterocycles. The molecule has 1 unspecified atom stereocenters. The van der Waals surface area contributed by atoms with Crippen LogP contribution in [0.1, 0.15) is 72.1 Å². The van der Waals surface area contributed by atoms with Gasteiger partial charge in [-0.3, -0.25) is 0 Å². The highest BCUT2D eigenvalue weighted by Crippen LogP contribution is 2.37. The van der Waals surface area contributed by atoms with Crippen molar-refractivity contribution in [1.29, 1.82) is 0 Å². The summed E-state index contributed by atoms with van der Waals surface area (Å²) in [6.45, 7) is 0. The summed E-state index contributed by atoms with van der Waals surface area (Å²) in [6.07, 6.45) is 4.61. The number of alkyl halides is 1. The van der Waals surface area contributed by atoms with Gasteiger partial charge in [0.15, 0.2) is 17.2 Å². The standard InChI is InChI=1S/C31H29F3N4O3S2/c32-23-7-6-21(16-20(23)9-12-31(34)10-1-2-11-31)28(35)22(13-19-5-8-27(43(36)41)24(33)14-19)25(15-18-3-4-18)37-30-38-26(17-42-30)29(39)40/h5-8,14,16-18H,1-4,10-11,13,15,35-36H2,(H,39,40). The zero-order valence-electron chi connectivity index (χ0n) is 23.0. The number of allylic oxidation sites excluding steroid dienone is 1. The van der Waals surface area contributed by atoms with Crippen LogP contribution in [0.2, 0.25) is 0 Å². The first-order valence-corrected chi connectivity index (χ1v) is 15.8. The van der Waals surface area contributed by atoms with Crippen LogP contribution in [0.5, 0.6) is 0 Å². The molecule has 5 N–H and O–H groups in total. The molecule has 224 valence electrons. The van der Waals surface area contributed by atoms with Gasteiger partial charge in [0.2, 0.25) is 10.0 Å². The molecule has 0 radical (unpaired) electrons. The van der Waals surface area contributed by atoms with E-state index in [-0.39, 0.29) is 33.4 Å². The Morgan fingerprint density at radius 2 is 1.93 bits per heavy atom. The van der Waals surface area contributed by atoms with Gasteiger partial charge in [0.25, 0.3) is 0 Å². The molecule has 43 heavy (non-hydrogen) atoms. The van der Waals surface area contributed by atoms with E-state index in [1.165, 1.54) is 35.7 Å². The number of halogens is 3. The number of aromatic carboxylic acids is 1. The molecular weight excluding hydrogens is 597 g/mol. The Labute approximate surface area is 254 Å². The fourth-order valence-corrected chi connectivity index (χ4v) is 6.08. The van der Waals surface area contributed by atoms with E-state index in [2.05, 4.69) is 16.8 Å². The molecule has 0 spiro atoms. The second-order valence-electron chi connectivity index (χ2n) is 10.8. The smallest absolute Gasteiger partial charge is 0.355 e. The van der Waals surface area contributed by atoms with Gasteiger partial charge in [0.1, 0.15) is 5.82 Å². The van der Waals surface area contributed by atoms with Gasteiger partial charge < -0.3 is 15.4 Å². The molecule has 12 heteroatoms. The number of hydrogen-bond acceptors (Lipinski definition) is 7. The van der Waals surface area contributed by atoms with E-state index in [1.807, 2.05) is 0 Å². The molecular formula is C31H29F3N4O3S2. The van der Waals surface area contributed by atoms with Gasteiger partial charge in [-0.2, -0.15) is 0 Å². The van der Waals surface area contributed by atoms with Gasteiger partial charge >= 0.3 is 5.97 Å². The molecule has 3 aromatic rings. The van der Waals surface area contributed by atoms with Gasteiger partial charge in [-0.25, -0.2) is 27.9 Å². The second-order valence-corrected chi connectivity index (χ2v) is 12.6. The lowest BCUT2D eigenvalue weighted by atomic mass is 9.92. The van der Waals surface area contributed by atoms with Crippen LogP contribution in [0, 0.1) is 29.4 Å². The van der Waals surface area contributed by atoms with Crippen molar-refractivity contribution in [2.45, 2.75) is 61.9 Å². The van der Waals surface area contributed by atoms with Crippen molar-refractivity contribution in [1.82, 2.24) is 4.98 Å². The van der Waals surface area contributed by atoms with Crippen LogP contribution >= 0.6 is 11.3 Å². The Balaban J connectivity index is 1.61. The summed E-state index contributed by atoms with van der Waals surface area (Å²) in [5.41, 5.74) is 7.11. The van der Waals surface area contributed by atoms with Gasteiger partial charge in [-0.15, -0.1) is 16.5 Å². The largest absolute Gasteiger partial charge is 0.593 e. The minimum atomic E-state index is -2.01. The van der Waals surface area contributed by atoms with Crippen LogP contribution < -0.4 is 10.9 Å². The Bertz CT molecular complexity index is 1670. The highest BCUT2D eigenvalue weighted by molar-refractivity contribution is 7.89. The number of carboxylic acid groups (broad SMARTS) is 1. The maximum atomic E-state index is 14.9. The minimum absolute atomic E-state index is 0.00347. The van der Waals surface area contributed by atoms with E-state index in [9.17, 15) is 27.6 Å². The van der Waals surface area contributed by atoms with Crippen molar-refractivity contribution in [3.05, 3.63) is 81.4 Å². The molecule has 0 bridgehead atoms. The van der Waals surface area contributed by atoms with E-state index in [4.69, 9.17) is 15.9 Å². The maximum Gasteiger partial charge on any atom is 0.355 e. The summed E-state index contributed by atoms with van der Waals surface area (Å²) >= 11 is -0.952. The maximum absolute atomic E-state index is 14.9. The van der Waals surface area contributed by atoms with E-state index < -0.39 is 34.6 Å². The quantitative estimate of drug-likeness (QED) is 0.147. The van der Waals surface area contributed by atoms with Crippen LogP contribution in [0.15, 0.2) is 57.2 Å². The van der Waals surface area contributed by atoms with E-state index in [1.54, 1.807) is 6.07 Å². The summed E-state index contributed by atoms with van der Waals surface area (Å²) in [6, 6.07) is 8.30. The van der Waals surface area contributed by atoms with Gasteiger partial charge in [-0.05, 0) is 92.3 Å². The number of aromatic nitrogens is 1. The topological polar surface area (TPSA) is 138 Å². The van der Waals surface area contributed by atoms with Crippen LogP contribution in [0.25, 0.3) is 5.70 Å². The highest BCUT2D eigenvalue weighted by Gasteiger charge is 2.31. The normalized spacial score (nSPS) is 17.7. The molecule has 2 saturated carbocycles. The number of nitrogens with zero attached hydrogens (tertiary/aromatic N) is 2. The average Bonchev–Trinajstić information content (AvgIpc) is 3.46. The molecule has 7 nitrogen and oxygen atoms in total. The van der Waals surface area contributed by atoms with Crippen molar-refractivity contribution in [2.75, 3.05) is 0 Å². The van der Waals surface area contributed by atoms with Crippen LogP contribution in [0.4, 0.5) is 18.3 Å². The molecule has 2 aromatic carbocycles. The highest BCUT2D eigenvalue weighted by atomic mass is 32.2. The second kappa shape index (κ2) is 12.9. The molecule has 2 aliphatic rings. The number of thiazole rings is 1. The van der Waals surface area contributed by atoms with E-state index in [0.29, 0.717) is 47.6 Å². The fraction of sp³-hybridized carbons (Fsp3) is 0.323. The van der Waals surface area contributed by atoms with Crippen LogP contribution in [-0.2, 0) is 17.8 Å². The summed E-state index contributed by atoms with van der Waals surface area (Å²) in [5.74, 6) is 3.05. The molecule has 2 fully saturated rings. The number of rotatable bonds is 9. The number of aliphatic imine (C=N–C) groups is 1. The molecule has 2 aliphatic carbocycles. The Hall–Kier alpha value is -3.63. The lowest BCUT2D eigenvalue weighted by Crippen LogP contribution is -2.16. The molecule has 1 atom stereocenters. The molecule has 0 amide bonds. The van der Waals surface area contributed by atoms with Crippen molar-refractivity contribution in [2.24, 2.45) is 21.8 Å². The number of nitrogens with two attached hydrogens (primary N) is 2. The van der Waals surface area contributed by atoms with Gasteiger partial charge in [0.05, 0.1) is 16.9 Å². The predicted molar refractivity (Wildman–Crippen MR) is 161 cm³/mol. The summed E-state index contributed by atoms with van der Waals surface area (Å²) in [4.78, 5) is 20.1. The van der Waals surface area contributed by atoms with Crippen LogP contribution in [0.3, 0.4) is 0 Å². The first-order valence-electron chi connectivity index (χ1n) is 13.7. The summed E-state index contributed by atoms with van der Waals surface area (Å²) < 4.78 is 56.1. The monoisotopic (exact) mass is 626 g/mol. The van der Waals surface area contributed by atoms with Crippen LogP contribution in [-0.4, -0.2) is 32.0 Å². The number of carbonyl (C=O) groups is 1. The number of benzene rings is 2. The Kier molecular flexibility index (Phi) is 9.27. The van der Waals surface area contributed by atoms with Gasteiger partial charge in [0, 0.05) is 28.8 Å². The summed E-state index contributed by atoms with van der Waals surface area (Å²) in [5, 5.41) is 16.3. The Morgan fingerprint density at radius 3 is 2.56 bits per heavy atom.